The summed E-state index contributed by atoms with van der Waals surface area (Å²) < 4.78 is 0. The van der Waals surface area contributed by atoms with Gasteiger partial charge in [-0.2, -0.15) is 11.3 Å². The van der Waals surface area contributed by atoms with Gasteiger partial charge in [-0.25, -0.2) is 0 Å². The van der Waals surface area contributed by atoms with Gasteiger partial charge in [0.15, 0.2) is 0 Å². The number of rotatable bonds is 6. The van der Waals surface area contributed by atoms with Gasteiger partial charge in [0.1, 0.15) is 0 Å². The highest BCUT2D eigenvalue weighted by Gasteiger charge is 2.05. The Balaban J connectivity index is 2.25. The summed E-state index contributed by atoms with van der Waals surface area (Å²) >= 11 is 1.77. The zero-order chi connectivity index (χ0) is 10.4. The second-order valence-corrected chi connectivity index (χ2v) is 4.77. The highest BCUT2D eigenvalue weighted by Crippen LogP contribution is 2.09. The van der Waals surface area contributed by atoms with Crippen LogP contribution in [0, 0.1) is 5.92 Å². The summed E-state index contributed by atoms with van der Waals surface area (Å²) in [5, 5.41) is 7.57. The van der Waals surface area contributed by atoms with E-state index in [-0.39, 0.29) is 0 Å². The van der Waals surface area contributed by atoms with Crippen LogP contribution in [0.3, 0.4) is 0 Å². The molecule has 0 fully saturated rings. The Morgan fingerprint density at radius 3 is 2.93 bits per heavy atom. The fraction of sp³-hybridized carbons (Fsp3) is 0.636. The maximum absolute atomic E-state index is 3.21. The van der Waals surface area contributed by atoms with E-state index >= 15 is 0 Å². The second kappa shape index (κ2) is 6.17. The average molecular weight is 212 g/mol. The smallest absolute Gasteiger partial charge is 0.0239 e. The molecule has 0 saturated heterocycles. The molecule has 1 unspecified atom stereocenters. The molecule has 0 spiro atoms. The molecule has 0 aliphatic rings. The van der Waals surface area contributed by atoms with Crippen LogP contribution < -0.4 is 5.32 Å². The first-order valence-electron chi connectivity index (χ1n) is 5.06. The van der Waals surface area contributed by atoms with E-state index in [9.17, 15) is 0 Å². The molecule has 1 aromatic heterocycles. The predicted molar refractivity (Wildman–Crippen MR) is 63.7 cm³/mol. The molecule has 1 rings (SSSR count). The van der Waals surface area contributed by atoms with Crippen molar-refractivity contribution in [1.29, 1.82) is 0 Å². The quantitative estimate of drug-likeness (QED) is 0.776. The van der Waals surface area contributed by atoms with Crippen molar-refractivity contribution in [1.82, 2.24) is 10.2 Å². The summed E-state index contributed by atoms with van der Waals surface area (Å²) in [4.78, 5) is 2.38. The number of nitrogens with one attached hydrogen (secondary N) is 1. The summed E-state index contributed by atoms with van der Waals surface area (Å²) in [5.74, 6) is 0.712. The molecule has 0 aliphatic heterocycles. The van der Waals surface area contributed by atoms with Gasteiger partial charge in [-0.15, -0.1) is 0 Å². The minimum atomic E-state index is 0.712. The summed E-state index contributed by atoms with van der Waals surface area (Å²) in [5.41, 5.74) is 1.43. The SMILES string of the molecule is CNCC(C)CN(C)Cc1ccsc1. The van der Waals surface area contributed by atoms with Crippen LogP contribution in [0.2, 0.25) is 0 Å². The van der Waals surface area contributed by atoms with Crippen molar-refractivity contribution in [3.05, 3.63) is 22.4 Å². The van der Waals surface area contributed by atoms with Gasteiger partial charge >= 0.3 is 0 Å². The van der Waals surface area contributed by atoms with Gasteiger partial charge in [0.25, 0.3) is 0 Å². The van der Waals surface area contributed by atoms with Crippen molar-refractivity contribution in [2.75, 3.05) is 27.2 Å². The van der Waals surface area contributed by atoms with Crippen LogP contribution in [-0.4, -0.2) is 32.1 Å². The predicted octanol–water partition coefficient (Wildman–Crippen LogP) is 2.04. The van der Waals surface area contributed by atoms with E-state index in [2.05, 4.69) is 41.0 Å². The van der Waals surface area contributed by atoms with Crippen LogP contribution in [0.25, 0.3) is 0 Å². The molecular formula is C11H20N2S. The fourth-order valence-corrected chi connectivity index (χ4v) is 2.36. The molecule has 1 aromatic rings. The molecule has 0 radical (unpaired) electrons. The van der Waals surface area contributed by atoms with Crippen LogP contribution in [0.1, 0.15) is 12.5 Å². The first kappa shape index (κ1) is 11.7. The summed E-state index contributed by atoms with van der Waals surface area (Å²) in [6, 6.07) is 2.20. The van der Waals surface area contributed by atoms with E-state index in [0.29, 0.717) is 5.92 Å². The molecule has 0 aromatic carbocycles. The molecule has 2 nitrogen and oxygen atoms in total. The molecule has 1 N–H and O–H groups in total. The topological polar surface area (TPSA) is 15.3 Å². The van der Waals surface area contributed by atoms with E-state index in [1.54, 1.807) is 11.3 Å². The minimum absolute atomic E-state index is 0.712. The van der Waals surface area contributed by atoms with Crippen molar-refractivity contribution >= 4 is 11.3 Å². The van der Waals surface area contributed by atoms with E-state index in [4.69, 9.17) is 0 Å². The molecule has 14 heavy (non-hydrogen) atoms. The zero-order valence-corrected chi connectivity index (χ0v) is 10.1. The Kier molecular flexibility index (Phi) is 5.15. The van der Waals surface area contributed by atoms with E-state index in [1.807, 2.05) is 7.05 Å². The lowest BCUT2D eigenvalue weighted by Gasteiger charge is -2.20. The van der Waals surface area contributed by atoms with Crippen molar-refractivity contribution in [3.63, 3.8) is 0 Å². The Morgan fingerprint density at radius 1 is 1.57 bits per heavy atom. The highest BCUT2D eigenvalue weighted by atomic mass is 32.1. The third-order valence-corrected chi connectivity index (χ3v) is 2.94. The molecule has 0 saturated carbocycles. The molecule has 3 heteroatoms. The van der Waals surface area contributed by atoms with Gasteiger partial charge in [-0.1, -0.05) is 6.92 Å². The molecule has 0 aliphatic carbocycles. The van der Waals surface area contributed by atoms with Crippen LogP contribution >= 0.6 is 11.3 Å². The third kappa shape index (κ3) is 4.22. The summed E-state index contributed by atoms with van der Waals surface area (Å²) in [6.07, 6.45) is 0. The molecular weight excluding hydrogens is 192 g/mol. The van der Waals surface area contributed by atoms with Gasteiger partial charge in [-0.3, -0.25) is 0 Å². The maximum Gasteiger partial charge on any atom is 0.0239 e. The third-order valence-electron chi connectivity index (χ3n) is 2.21. The van der Waals surface area contributed by atoms with Crippen LogP contribution in [0.15, 0.2) is 16.8 Å². The van der Waals surface area contributed by atoms with Gasteiger partial charge in [0.05, 0.1) is 0 Å². The highest BCUT2D eigenvalue weighted by molar-refractivity contribution is 7.07. The zero-order valence-electron chi connectivity index (χ0n) is 9.29. The number of hydrogen-bond donors (Lipinski definition) is 1. The average Bonchev–Trinajstić information content (AvgIpc) is 2.56. The number of nitrogens with zero attached hydrogens (tertiary/aromatic N) is 1. The van der Waals surface area contributed by atoms with Crippen LogP contribution in [0.4, 0.5) is 0 Å². The van der Waals surface area contributed by atoms with E-state index in [1.165, 1.54) is 5.56 Å². The maximum atomic E-state index is 3.21. The lowest BCUT2D eigenvalue weighted by Crippen LogP contribution is -2.29. The number of thiophene rings is 1. The fourth-order valence-electron chi connectivity index (χ4n) is 1.70. The largest absolute Gasteiger partial charge is 0.319 e. The van der Waals surface area contributed by atoms with Gasteiger partial charge in [0, 0.05) is 13.1 Å². The number of hydrogen-bond acceptors (Lipinski definition) is 3. The standard InChI is InChI=1S/C11H20N2S/c1-10(6-12-2)7-13(3)8-11-4-5-14-9-11/h4-5,9-10,12H,6-8H2,1-3H3. The van der Waals surface area contributed by atoms with E-state index in [0.717, 1.165) is 19.6 Å². The summed E-state index contributed by atoms with van der Waals surface area (Å²) in [7, 11) is 4.19. The monoisotopic (exact) mass is 212 g/mol. The lowest BCUT2D eigenvalue weighted by molar-refractivity contribution is 0.276. The Morgan fingerprint density at radius 2 is 2.36 bits per heavy atom. The Bertz CT molecular complexity index is 233. The van der Waals surface area contributed by atoms with Crippen molar-refractivity contribution in [3.8, 4) is 0 Å². The van der Waals surface area contributed by atoms with Crippen molar-refractivity contribution in [2.45, 2.75) is 13.5 Å². The van der Waals surface area contributed by atoms with Gasteiger partial charge in [-0.05, 0) is 48.9 Å². The molecule has 1 atom stereocenters. The summed E-state index contributed by atoms with van der Waals surface area (Å²) in [6.45, 7) is 5.59. The van der Waals surface area contributed by atoms with Crippen LogP contribution in [0.5, 0.6) is 0 Å². The van der Waals surface area contributed by atoms with Gasteiger partial charge < -0.3 is 10.2 Å². The first-order chi connectivity index (χ1) is 6.72. The van der Waals surface area contributed by atoms with Crippen molar-refractivity contribution < 1.29 is 0 Å². The Hall–Kier alpha value is -0.380. The van der Waals surface area contributed by atoms with E-state index < -0.39 is 0 Å². The van der Waals surface area contributed by atoms with Crippen LogP contribution in [-0.2, 0) is 6.54 Å². The first-order valence-corrected chi connectivity index (χ1v) is 6.01. The molecule has 0 bridgehead atoms. The Labute approximate surface area is 90.9 Å². The normalized spacial score (nSPS) is 13.4. The second-order valence-electron chi connectivity index (χ2n) is 3.99. The van der Waals surface area contributed by atoms with Gasteiger partial charge in [0.2, 0.25) is 0 Å². The molecule has 1 heterocycles. The van der Waals surface area contributed by atoms with Crippen molar-refractivity contribution in [2.24, 2.45) is 5.92 Å². The minimum Gasteiger partial charge on any atom is -0.319 e. The lowest BCUT2D eigenvalue weighted by atomic mass is 10.1. The molecule has 80 valence electrons. The molecule has 0 amide bonds.